The van der Waals surface area contributed by atoms with Crippen LogP contribution in [-0.2, 0) is 29.1 Å². The highest BCUT2D eigenvalue weighted by Crippen LogP contribution is 2.27. The number of ether oxygens (including phenoxy) is 3. The van der Waals surface area contributed by atoms with Crippen molar-refractivity contribution in [1.29, 1.82) is 0 Å². The number of methoxy groups -OCH3 is 1. The molecule has 0 spiro atoms. The summed E-state index contributed by atoms with van der Waals surface area (Å²) in [5.74, 6) is 0.879. The first-order valence-corrected chi connectivity index (χ1v) is 13.2. The van der Waals surface area contributed by atoms with E-state index in [1.807, 2.05) is 6.07 Å². The Hall–Kier alpha value is -2.65. The van der Waals surface area contributed by atoms with Crippen LogP contribution in [0.25, 0.3) is 0 Å². The van der Waals surface area contributed by atoms with Crippen molar-refractivity contribution >= 4 is 22.2 Å². The Balaban J connectivity index is 1.32. The number of hydrogen-bond donors (Lipinski definition) is 0. The molecule has 2 saturated heterocycles. The monoisotopic (exact) mass is 494 g/mol. The molecule has 0 unspecified atom stereocenters. The first-order valence-electron chi connectivity index (χ1n) is 12.3. The summed E-state index contributed by atoms with van der Waals surface area (Å²) < 4.78 is 16.4. The smallest absolute Gasteiger partial charge is 0.186 e. The SMILES string of the molecule is COc1cccc(CN(Cc2ccc(N3CCOCC3)cc2)c2nc(CN3CCOCC3)cs2)c1. The second-order valence-corrected chi connectivity index (χ2v) is 9.82. The van der Waals surface area contributed by atoms with Gasteiger partial charge in [-0.3, -0.25) is 4.90 Å². The predicted octanol–water partition coefficient (Wildman–Crippen LogP) is 4.03. The molecule has 0 radical (unpaired) electrons. The zero-order valence-electron chi connectivity index (χ0n) is 20.4. The lowest BCUT2D eigenvalue weighted by Gasteiger charge is -2.29. The number of rotatable bonds is 9. The Bertz CT molecular complexity index is 1060. The van der Waals surface area contributed by atoms with Gasteiger partial charge in [-0.1, -0.05) is 24.3 Å². The molecule has 3 heterocycles. The molecule has 0 amide bonds. The molecule has 1 aromatic heterocycles. The van der Waals surface area contributed by atoms with E-state index in [1.165, 1.54) is 16.8 Å². The molecule has 3 aromatic rings. The zero-order valence-corrected chi connectivity index (χ0v) is 21.2. The maximum atomic E-state index is 5.50. The molecule has 8 heteroatoms. The Morgan fingerprint density at radius 1 is 0.914 bits per heavy atom. The lowest BCUT2D eigenvalue weighted by molar-refractivity contribution is 0.0337. The van der Waals surface area contributed by atoms with Gasteiger partial charge in [0.1, 0.15) is 5.75 Å². The molecule has 0 aliphatic carbocycles. The zero-order chi connectivity index (χ0) is 23.9. The molecule has 0 N–H and O–H groups in total. The van der Waals surface area contributed by atoms with Crippen LogP contribution in [0.15, 0.2) is 53.9 Å². The van der Waals surface area contributed by atoms with Crippen LogP contribution in [0.2, 0.25) is 0 Å². The van der Waals surface area contributed by atoms with Crippen LogP contribution in [0, 0.1) is 0 Å². The molecule has 5 rings (SSSR count). The average molecular weight is 495 g/mol. The fraction of sp³-hybridized carbons (Fsp3) is 0.444. The van der Waals surface area contributed by atoms with Crippen LogP contribution < -0.4 is 14.5 Å². The normalized spacial score (nSPS) is 16.9. The van der Waals surface area contributed by atoms with E-state index in [1.54, 1.807) is 18.4 Å². The summed E-state index contributed by atoms with van der Waals surface area (Å²) in [5.41, 5.74) is 4.87. The Morgan fingerprint density at radius 3 is 2.37 bits per heavy atom. The van der Waals surface area contributed by atoms with Crippen LogP contribution in [0.4, 0.5) is 10.8 Å². The number of morpholine rings is 2. The summed E-state index contributed by atoms with van der Waals surface area (Å²) in [6.45, 7) is 9.49. The van der Waals surface area contributed by atoms with Gasteiger partial charge in [-0.25, -0.2) is 4.98 Å². The van der Waals surface area contributed by atoms with Gasteiger partial charge < -0.3 is 24.0 Å². The fourth-order valence-electron chi connectivity index (χ4n) is 4.54. The predicted molar refractivity (Wildman–Crippen MR) is 141 cm³/mol. The molecule has 2 fully saturated rings. The molecule has 2 aliphatic rings. The third-order valence-corrected chi connectivity index (χ3v) is 7.44. The molecular weight excluding hydrogens is 460 g/mol. The van der Waals surface area contributed by atoms with Gasteiger partial charge in [0.2, 0.25) is 0 Å². The summed E-state index contributed by atoms with van der Waals surface area (Å²) in [7, 11) is 1.71. The second-order valence-electron chi connectivity index (χ2n) is 8.98. The number of hydrogen-bond acceptors (Lipinski definition) is 8. The van der Waals surface area contributed by atoms with Crippen molar-refractivity contribution in [3.63, 3.8) is 0 Å². The maximum absolute atomic E-state index is 5.50. The number of nitrogens with zero attached hydrogens (tertiary/aromatic N) is 4. The molecule has 0 saturated carbocycles. The molecule has 0 bridgehead atoms. The maximum Gasteiger partial charge on any atom is 0.186 e. The highest BCUT2D eigenvalue weighted by atomic mass is 32.1. The Kier molecular flexibility index (Phi) is 8.15. The second kappa shape index (κ2) is 11.9. The van der Waals surface area contributed by atoms with Crippen LogP contribution in [0.5, 0.6) is 5.75 Å². The number of thiazole rings is 1. The molecule has 186 valence electrons. The minimum Gasteiger partial charge on any atom is -0.497 e. The quantitative estimate of drug-likeness (QED) is 0.445. The molecule has 2 aliphatic heterocycles. The van der Waals surface area contributed by atoms with Crippen molar-refractivity contribution in [2.24, 2.45) is 0 Å². The molecule has 2 aromatic carbocycles. The van der Waals surface area contributed by atoms with Gasteiger partial charge in [0.25, 0.3) is 0 Å². The van der Waals surface area contributed by atoms with E-state index in [4.69, 9.17) is 19.2 Å². The van der Waals surface area contributed by atoms with Gasteiger partial charge in [-0.2, -0.15) is 0 Å². The molecule has 0 atom stereocenters. The van der Waals surface area contributed by atoms with Gasteiger partial charge >= 0.3 is 0 Å². The van der Waals surface area contributed by atoms with E-state index in [0.29, 0.717) is 0 Å². The van der Waals surface area contributed by atoms with Crippen LogP contribution in [0.3, 0.4) is 0 Å². The van der Waals surface area contributed by atoms with Gasteiger partial charge in [-0.05, 0) is 35.4 Å². The van der Waals surface area contributed by atoms with Gasteiger partial charge in [-0.15, -0.1) is 11.3 Å². The van der Waals surface area contributed by atoms with Crippen LogP contribution in [0.1, 0.15) is 16.8 Å². The van der Waals surface area contributed by atoms with Crippen molar-refractivity contribution < 1.29 is 14.2 Å². The number of aromatic nitrogens is 1. The first-order chi connectivity index (χ1) is 17.3. The Morgan fingerprint density at radius 2 is 1.63 bits per heavy atom. The van der Waals surface area contributed by atoms with Crippen molar-refractivity contribution in [3.8, 4) is 5.75 Å². The van der Waals surface area contributed by atoms with Crippen molar-refractivity contribution in [3.05, 3.63) is 70.7 Å². The summed E-state index contributed by atoms with van der Waals surface area (Å²) in [5, 5.41) is 3.25. The Labute approximate surface area is 211 Å². The third-order valence-electron chi connectivity index (χ3n) is 6.49. The minimum atomic E-state index is 0.771. The third kappa shape index (κ3) is 6.52. The molecular formula is C27H34N4O3S. The summed E-state index contributed by atoms with van der Waals surface area (Å²) in [6.07, 6.45) is 0. The summed E-state index contributed by atoms with van der Waals surface area (Å²) in [4.78, 5) is 12.2. The van der Waals surface area contributed by atoms with E-state index < -0.39 is 0 Å². The van der Waals surface area contributed by atoms with Crippen molar-refractivity contribution in [2.45, 2.75) is 19.6 Å². The highest BCUT2D eigenvalue weighted by molar-refractivity contribution is 7.13. The standard InChI is InChI=1S/C27H34N4O3S/c1-32-26-4-2-3-23(17-26)19-31(27-28-24(21-35-27)20-29-9-13-33-14-10-29)18-22-5-7-25(8-6-22)30-11-15-34-16-12-30/h2-8,17,21H,9-16,18-20H2,1H3. The largest absolute Gasteiger partial charge is 0.497 e. The van der Waals surface area contributed by atoms with E-state index in [2.05, 4.69) is 62.5 Å². The van der Waals surface area contributed by atoms with Crippen LogP contribution in [-0.4, -0.2) is 69.6 Å². The highest BCUT2D eigenvalue weighted by Gasteiger charge is 2.17. The summed E-state index contributed by atoms with van der Waals surface area (Å²) >= 11 is 1.72. The van der Waals surface area contributed by atoms with E-state index in [-0.39, 0.29) is 0 Å². The van der Waals surface area contributed by atoms with E-state index in [9.17, 15) is 0 Å². The first kappa shape index (κ1) is 24.1. The van der Waals surface area contributed by atoms with Crippen molar-refractivity contribution in [1.82, 2.24) is 9.88 Å². The molecule has 7 nitrogen and oxygen atoms in total. The topological polar surface area (TPSA) is 50.3 Å². The van der Waals surface area contributed by atoms with Gasteiger partial charge in [0, 0.05) is 56.9 Å². The van der Waals surface area contributed by atoms with E-state index >= 15 is 0 Å². The summed E-state index contributed by atoms with van der Waals surface area (Å²) in [6, 6.07) is 17.2. The van der Waals surface area contributed by atoms with Gasteiger partial charge in [0.05, 0.1) is 39.2 Å². The lowest BCUT2D eigenvalue weighted by atomic mass is 10.1. The lowest BCUT2D eigenvalue weighted by Crippen LogP contribution is -2.36. The average Bonchev–Trinajstić information content (AvgIpc) is 3.38. The van der Waals surface area contributed by atoms with Gasteiger partial charge in [0.15, 0.2) is 5.13 Å². The van der Waals surface area contributed by atoms with Crippen LogP contribution >= 0.6 is 11.3 Å². The number of benzene rings is 2. The fourth-order valence-corrected chi connectivity index (χ4v) is 5.36. The molecule has 35 heavy (non-hydrogen) atoms. The van der Waals surface area contributed by atoms with Crippen molar-refractivity contribution in [2.75, 3.05) is 69.5 Å². The van der Waals surface area contributed by atoms with E-state index in [0.717, 1.165) is 88.8 Å². The minimum absolute atomic E-state index is 0.771. The number of anilines is 2.